The van der Waals surface area contributed by atoms with Crippen molar-refractivity contribution in [2.24, 2.45) is 0 Å². The van der Waals surface area contributed by atoms with Gasteiger partial charge in [0.15, 0.2) is 0 Å². The maximum Gasteiger partial charge on any atom is 0.333 e. The highest BCUT2D eigenvalue weighted by molar-refractivity contribution is 7.44. The van der Waals surface area contributed by atoms with E-state index in [2.05, 4.69) is 6.58 Å². The molecule has 0 aliphatic rings. The second kappa shape index (κ2) is 7.31. The van der Waals surface area contributed by atoms with Gasteiger partial charge in [0.05, 0.1) is 6.61 Å². The van der Waals surface area contributed by atoms with Gasteiger partial charge in [0, 0.05) is 5.57 Å². The van der Waals surface area contributed by atoms with Crippen LogP contribution in [0.15, 0.2) is 12.2 Å². The van der Waals surface area contributed by atoms with Crippen molar-refractivity contribution in [2.75, 3.05) is 6.61 Å². The molecule has 0 unspecified atom stereocenters. The van der Waals surface area contributed by atoms with Gasteiger partial charge < -0.3 is 4.74 Å². The van der Waals surface area contributed by atoms with E-state index in [1.165, 1.54) is 0 Å². The minimum Gasteiger partial charge on any atom is -0.462 e. The summed E-state index contributed by atoms with van der Waals surface area (Å²) in [6.07, 6.45) is 2.85. The number of carbonyl (C=O) groups is 1. The standard InChI is InChI=1S/C10H18Cl2O2Si/c1-9(2)10(13)14-7-5-4-6-8-15(3,11)12/h1,4-8H2,2-3H3. The smallest absolute Gasteiger partial charge is 0.333 e. The van der Waals surface area contributed by atoms with Crippen LogP contribution in [0.5, 0.6) is 0 Å². The fraction of sp³-hybridized carbons (Fsp3) is 0.700. The molecular weight excluding hydrogens is 251 g/mol. The zero-order valence-corrected chi connectivity index (χ0v) is 11.8. The van der Waals surface area contributed by atoms with Gasteiger partial charge in [-0.25, -0.2) is 4.79 Å². The summed E-state index contributed by atoms with van der Waals surface area (Å²) in [5.74, 6) is -0.316. The van der Waals surface area contributed by atoms with Crippen LogP contribution in [-0.4, -0.2) is 19.3 Å². The summed E-state index contributed by atoms with van der Waals surface area (Å²) in [4.78, 5) is 11.0. The molecule has 15 heavy (non-hydrogen) atoms. The first-order valence-electron chi connectivity index (χ1n) is 5.03. The normalized spacial score (nSPS) is 11.2. The molecule has 0 heterocycles. The van der Waals surface area contributed by atoms with E-state index in [0.29, 0.717) is 12.2 Å². The highest BCUT2D eigenvalue weighted by atomic mass is 35.7. The summed E-state index contributed by atoms with van der Waals surface area (Å²) in [5, 5.41) is 0. The molecule has 0 atom stereocenters. The molecule has 0 saturated heterocycles. The zero-order valence-electron chi connectivity index (χ0n) is 9.32. The Hall–Kier alpha value is 0.00688. The summed E-state index contributed by atoms with van der Waals surface area (Å²) < 4.78 is 4.94. The van der Waals surface area contributed by atoms with E-state index in [1.807, 2.05) is 6.55 Å². The molecule has 0 rings (SSSR count). The Morgan fingerprint density at radius 1 is 1.33 bits per heavy atom. The quantitative estimate of drug-likeness (QED) is 0.231. The fourth-order valence-electron chi connectivity index (χ4n) is 1.00. The third-order valence-corrected chi connectivity index (χ3v) is 4.21. The van der Waals surface area contributed by atoms with Gasteiger partial charge in [-0.3, -0.25) is 0 Å². The summed E-state index contributed by atoms with van der Waals surface area (Å²) in [5.41, 5.74) is 0.441. The fourth-order valence-corrected chi connectivity index (χ4v) is 2.67. The van der Waals surface area contributed by atoms with Crippen molar-refractivity contribution < 1.29 is 9.53 Å². The van der Waals surface area contributed by atoms with Gasteiger partial charge in [-0.2, -0.15) is 0 Å². The predicted molar refractivity (Wildman–Crippen MR) is 67.8 cm³/mol. The van der Waals surface area contributed by atoms with Crippen LogP contribution < -0.4 is 0 Å². The number of ether oxygens (including phenoxy) is 1. The summed E-state index contributed by atoms with van der Waals surface area (Å²) in [6.45, 7) is 5.57. The molecule has 0 saturated carbocycles. The Kier molecular flexibility index (Phi) is 7.31. The molecule has 0 spiro atoms. The Bertz CT molecular complexity index is 224. The SMILES string of the molecule is C=C(C)C(=O)OCCCCC[Si](C)(Cl)Cl. The molecule has 5 heteroatoms. The van der Waals surface area contributed by atoms with Crippen molar-refractivity contribution in [3.05, 3.63) is 12.2 Å². The van der Waals surface area contributed by atoms with E-state index in [9.17, 15) is 4.79 Å². The molecule has 0 aliphatic heterocycles. The molecule has 88 valence electrons. The van der Waals surface area contributed by atoms with E-state index in [1.54, 1.807) is 6.92 Å². The Morgan fingerprint density at radius 2 is 1.93 bits per heavy atom. The molecule has 0 aromatic rings. The van der Waals surface area contributed by atoms with Crippen LogP contribution in [0.4, 0.5) is 0 Å². The molecular formula is C10H18Cl2O2Si. The van der Waals surface area contributed by atoms with Gasteiger partial charge in [-0.15, -0.1) is 22.2 Å². The first kappa shape index (κ1) is 15.0. The Morgan fingerprint density at radius 3 is 2.40 bits per heavy atom. The monoisotopic (exact) mass is 268 g/mol. The molecule has 0 amide bonds. The number of carbonyl (C=O) groups excluding carboxylic acids is 1. The number of esters is 1. The predicted octanol–water partition coefficient (Wildman–Crippen LogP) is 3.83. The molecule has 0 N–H and O–H groups in total. The molecule has 0 bridgehead atoms. The summed E-state index contributed by atoms with van der Waals surface area (Å²) >= 11 is 11.9. The third kappa shape index (κ3) is 10.3. The Balaban J connectivity index is 3.33. The van der Waals surface area contributed by atoms with Gasteiger partial charge in [-0.05, 0) is 25.9 Å². The first-order chi connectivity index (χ1) is 6.83. The van der Waals surface area contributed by atoms with Crippen LogP contribution in [-0.2, 0) is 9.53 Å². The minimum absolute atomic E-state index is 0.316. The van der Waals surface area contributed by atoms with Crippen LogP contribution in [0, 0.1) is 0 Å². The lowest BCUT2D eigenvalue weighted by Gasteiger charge is -2.09. The lowest BCUT2D eigenvalue weighted by Crippen LogP contribution is -2.11. The van der Waals surface area contributed by atoms with Crippen molar-refractivity contribution in [1.29, 1.82) is 0 Å². The Labute approximate surface area is 102 Å². The first-order valence-corrected chi connectivity index (χ1v) is 9.76. The lowest BCUT2D eigenvalue weighted by molar-refractivity contribution is -0.139. The highest BCUT2D eigenvalue weighted by Gasteiger charge is 2.19. The van der Waals surface area contributed by atoms with Crippen LogP contribution in [0.1, 0.15) is 26.2 Å². The second-order valence-electron chi connectivity index (χ2n) is 3.80. The summed E-state index contributed by atoms with van der Waals surface area (Å²) in [6, 6.07) is 0.893. The van der Waals surface area contributed by atoms with Crippen molar-refractivity contribution in [2.45, 2.75) is 38.8 Å². The topological polar surface area (TPSA) is 26.3 Å². The average Bonchev–Trinajstić information content (AvgIpc) is 2.08. The molecule has 0 aliphatic carbocycles. The van der Waals surface area contributed by atoms with E-state index in [0.717, 1.165) is 25.3 Å². The van der Waals surface area contributed by atoms with E-state index in [4.69, 9.17) is 26.9 Å². The largest absolute Gasteiger partial charge is 0.462 e. The van der Waals surface area contributed by atoms with Crippen LogP contribution in [0.2, 0.25) is 12.6 Å². The van der Waals surface area contributed by atoms with Crippen molar-refractivity contribution in [3.63, 3.8) is 0 Å². The van der Waals surface area contributed by atoms with Crippen molar-refractivity contribution >= 4 is 34.8 Å². The molecule has 0 fully saturated rings. The number of hydrogen-bond acceptors (Lipinski definition) is 2. The average molecular weight is 269 g/mol. The molecule has 2 nitrogen and oxygen atoms in total. The molecule has 0 aromatic carbocycles. The number of rotatable bonds is 7. The molecule has 0 aromatic heterocycles. The maximum absolute atomic E-state index is 11.0. The molecule has 0 radical (unpaired) electrons. The zero-order chi connectivity index (χ0) is 11.9. The van der Waals surface area contributed by atoms with Gasteiger partial charge >= 0.3 is 5.97 Å². The number of halogens is 2. The van der Waals surface area contributed by atoms with Gasteiger partial charge in [-0.1, -0.05) is 19.4 Å². The van der Waals surface area contributed by atoms with Gasteiger partial charge in [0.25, 0.3) is 0 Å². The highest BCUT2D eigenvalue weighted by Crippen LogP contribution is 2.22. The third-order valence-electron chi connectivity index (χ3n) is 1.84. The van der Waals surface area contributed by atoms with Crippen LogP contribution in [0.25, 0.3) is 0 Å². The maximum atomic E-state index is 11.0. The minimum atomic E-state index is -1.93. The van der Waals surface area contributed by atoms with Gasteiger partial charge in [0.2, 0.25) is 6.69 Å². The van der Waals surface area contributed by atoms with Crippen LogP contribution >= 0.6 is 22.2 Å². The van der Waals surface area contributed by atoms with Crippen molar-refractivity contribution in [1.82, 2.24) is 0 Å². The van der Waals surface area contributed by atoms with Crippen molar-refractivity contribution in [3.8, 4) is 0 Å². The van der Waals surface area contributed by atoms with Gasteiger partial charge in [0.1, 0.15) is 0 Å². The number of unbranched alkanes of at least 4 members (excludes halogenated alkanes) is 2. The lowest BCUT2D eigenvalue weighted by atomic mass is 10.3. The van der Waals surface area contributed by atoms with Crippen LogP contribution in [0.3, 0.4) is 0 Å². The van der Waals surface area contributed by atoms with E-state index < -0.39 is 6.69 Å². The summed E-state index contributed by atoms with van der Waals surface area (Å²) in [7, 11) is 0. The van der Waals surface area contributed by atoms with E-state index >= 15 is 0 Å². The second-order valence-corrected chi connectivity index (χ2v) is 12.0. The number of hydrogen-bond donors (Lipinski definition) is 0. The van der Waals surface area contributed by atoms with E-state index in [-0.39, 0.29) is 5.97 Å².